The van der Waals surface area contributed by atoms with Gasteiger partial charge in [-0.05, 0) is 18.1 Å². The summed E-state index contributed by atoms with van der Waals surface area (Å²) in [5, 5.41) is 2.74. The summed E-state index contributed by atoms with van der Waals surface area (Å²) in [6.07, 6.45) is 0. The molecule has 0 aromatic heterocycles. The topological polar surface area (TPSA) is 55.4 Å². The Morgan fingerprint density at radius 1 is 1.31 bits per heavy atom. The first-order valence-electron chi connectivity index (χ1n) is 5.19. The minimum absolute atomic E-state index is 0.190. The van der Waals surface area contributed by atoms with E-state index in [1.54, 1.807) is 0 Å². The molecule has 1 fully saturated rings. The summed E-state index contributed by atoms with van der Waals surface area (Å²) in [4.78, 5) is 21.4. The van der Waals surface area contributed by atoms with Gasteiger partial charge in [-0.15, -0.1) is 0 Å². The first-order chi connectivity index (χ1) is 7.68. The lowest BCUT2D eigenvalue weighted by Gasteiger charge is -2.19. The molecular weight excluding hydrogens is 206 g/mol. The molecule has 1 atom stereocenters. The summed E-state index contributed by atoms with van der Waals surface area (Å²) in [5.41, 5.74) is 2.85. The first-order valence-corrected chi connectivity index (χ1v) is 5.19. The van der Waals surface area contributed by atoms with Crippen molar-refractivity contribution in [1.82, 2.24) is 5.32 Å². The number of carbonyl (C=O) groups excluding carboxylic acids is 2. The molecule has 0 aromatic rings. The van der Waals surface area contributed by atoms with Crippen molar-refractivity contribution in [1.29, 1.82) is 0 Å². The number of nitrogens with one attached hydrogen (secondary N) is 1. The van der Waals surface area contributed by atoms with Crippen LogP contribution in [-0.2, 0) is 14.3 Å². The van der Waals surface area contributed by atoms with Gasteiger partial charge < -0.3 is 4.74 Å². The fourth-order valence-electron chi connectivity index (χ4n) is 1.49. The van der Waals surface area contributed by atoms with E-state index in [1.807, 2.05) is 0 Å². The summed E-state index contributed by atoms with van der Waals surface area (Å²) in [6.45, 7) is 2.29. The maximum atomic E-state index is 10.7. The molecule has 2 aliphatic carbocycles. The fraction of sp³-hybridized carbons (Fsp3) is 0.333. The molecule has 1 aliphatic heterocycles. The normalized spacial score (nSPS) is 20.3. The number of hydrogen-bond acceptors (Lipinski definition) is 4. The fourth-order valence-corrected chi connectivity index (χ4v) is 1.49. The Hall–Kier alpha value is -1.68. The van der Waals surface area contributed by atoms with Gasteiger partial charge in [-0.2, -0.15) is 0 Å². The van der Waals surface area contributed by atoms with Gasteiger partial charge >= 0.3 is 5.97 Å². The summed E-state index contributed by atoms with van der Waals surface area (Å²) >= 11 is 0. The number of esters is 1. The van der Waals surface area contributed by atoms with Crippen LogP contribution >= 0.6 is 0 Å². The standard InChI is InChI=1S/C6H9NO3.C6H4/c1-4(8)5-6(9)10-3-2-7-5;1-2-6-4-3-5(1)6/h5,7H,2-3H2,1H3;1-4H. The van der Waals surface area contributed by atoms with Crippen LogP contribution in [0, 0.1) is 0 Å². The van der Waals surface area contributed by atoms with Crippen molar-refractivity contribution in [3.63, 3.8) is 0 Å². The van der Waals surface area contributed by atoms with Crippen LogP contribution in [0.25, 0.3) is 11.1 Å². The van der Waals surface area contributed by atoms with Gasteiger partial charge in [0.15, 0.2) is 11.8 Å². The second kappa shape index (κ2) is 4.45. The second-order valence-electron chi connectivity index (χ2n) is 3.74. The minimum atomic E-state index is -0.728. The van der Waals surface area contributed by atoms with Crippen LogP contribution in [0.4, 0.5) is 0 Å². The van der Waals surface area contributed by atoms with E-state index < -0.39 is 12.0 Å². The van der Waals surface area contributed by atoms with Gasteiger partial charge in [-0.1, -0.05) is 24.3 Å². The molecule has 1 heterocycles. The van der Waals surface area contributed by atoms with Crippen LogP contribution in [0.2, 0.25) is 0 Å². The molecule has 0 spiro atoms. The maximum absolute atomic E-state index is 10.7. The summed E-state index contributed by atoms with van der Waals surface area (Å²) in [6, 6.07) is 7.75. The van der Waals surface area contributed by atoms with E-state index in [-0.39, 0.29) is 5.78 Å². The highest BCUT2D eigenvalue weighted by Gasteiger charge is 2.26. The van der Waals surface area contributed by atoms with Crippen molar-refractivity contribution in [2.75, 3.05) is 13.2 Å². The highest BCUT2D eigenvalue weighted by atomic mass is 16.5. The zero-order valence-electron chi connectivity index (χ0n) is 9.03. The van der Waals surface area contributed by atoms with E-state index in [0.29, 0.717) is 13.2 Å². The molecule has 4 nitrogen and oxygen atoms in total. The van der Waals surface area contributed by atoms with Gasteiger partial charge in [-0.3, -0.25) is 10.1 Å². The van der Waals surface area contributed by atoms with Crippen molar-refractivity contribution >= 4 is 11.8 Å². The largest absolute Gasteiger partial charge is 0.463 e. The Morgan fingerprint density at radius 2 is 1.88 bits per heavy atom. The van der Waals surface area contributed by atoms with Gasteiger partial charge in [0.25, 0.3) is 0 Å². The molecule has 1 unspecified atom stereocenters. The van der Waals surface area contributed by atoms with E-state index in [9.17, 15) is 9.59 Å². The Morgan fingerprint density at radius 3 is 2.12 bits per heavy atom. The molecule has 0 saturated carbocycles. The molecule has 0 bridgehead atoms. The van der Waals surface area contributed by atoms with Crippen molar-refractivity contribution in [2.45, 2.75) is 13.0 Å². The molecule has 3 aliphatic rings. The van der Waals surface area contributed by atoms with Crippen LogP contribution in [0.5, 0.6) is 0 Å². The smallest absolute Gasteiger partial charge is 0.330 e. The molecule has 4 heteroatoms. The highest BCUT2D eigenvalue weighted by Crippen LogP contribution is 2.29. The average molecular weight is 219 g/mol. The molecule has 0 radical (unpaired) electrons. The predicted molar refractivity (Wildman–Crippen MR) is 58.9 cm³/mol. The number of Topliss-reactive ketones (excluding diaryl/α,β-unsaturated/α-hetero) is 1. The number of cyclic esters (lactones) is 1. The number of carbonyl (C=O) groups is 2. The van der Waals surface area contributed by atoms with Crippen molar-refractivity contribution < 1.29 is 14.3 Å². The van der Waals surface area contributed by atoms with E-state index in [2.05, 4.69) is 34.3 Å². The molecule has 0 amide bonds. The summed E-state index contributed by atoms with van der Waals surface area (Å²) in [7, 11) is 0. The number of fused-ring (bicyclic) bond motifs is 1. The van der Waals surface area contributed by atoms with Gasteiger partial charge in [0, 0.05) is 6.54 Å². The van der Waals surface area contributed by atoms with E-state index >= 15 is 0 Å². The number of ether oxygens (including phenoxy) is 1. The predicted octanol–water partition coefficient (Wildman–Crippen LogP) is 0.757. The van der Waals surface area contributed by atoms with E-state index in [0.717, 1.165) is 0 Å². The number of rotatable bonds is 1. The zero-order chi connectivity index (χ0) is 11.5. The molecule has 1 saturated heterocycles. The molecule has 1 N–H and O–H groups in total. The average Bonchev–Trinajstić information content (AvgIpc) is 2.24. The Kier molecular flexibility index (Phi) is 3.01. The van der Waals surface area contributed by atoms with Crippen LogP contribution in [0.15, 0.2) is 24.3 Å². The molecule has 84 valence electrons. The molecule has 0 aromatic carbocycles. The second-order valence-corrected chi connectivity index (χ2v) is 3.74. The van der Waals surface area contributed by atoms with Crippen molar-refractivity contribution in [3.05, 3.63) is 24.3 Å². The number of benzene rings is 1. The lowest BCUT2D eigenvalue weighted by molar-refractivity contribution is -0.152. The Bertz CT molecular complexity index is 390. The Balaban J connectivity index is 0.000000134. The summed E-state index contributed by atoms with van der Waals surface area (Å²) in [5.74, 6) is -0.650. The highest BCUT2D eigenvalue weighted by molar-refractivity contribution is 6.02. The monoisotopic (exact) mass is 219 g/mol. The quantitative estimate of drug-likeness (QED) is 0.568. The van der Waals surface area contributed by atoms with E-state index in [1.165, 1.54) is 18.1 Å². The van der Waals surface area contributed by atoms with Crippen LogP contribution in [-0.4, -0.2) is 30.9 Å². The van der Waals surface area contributed by atoms with Crippen LogP contribution in [0.3, 0.4) is 0 Å². The van der Waals surface area contributed by atoms with Gasteiger partial charge in [0.1, 0.15) is 6.61 Å². The SMILES string of the molecule is CC(=O)C1NCCOC1=O.c1cc2ccc1-2. The van der Waals surface area contributed by atoms with Crippen LogP contribution in [0.1, 0.15) is 6.92 Å². The number of ketones is 1. The van der Waals surface area contributed by atoms with Gasteiger partial charge in [0.05, 0.1) is 0 Å². The first kappa shape index (κ1) is 10.8. The Labute approximate surface area is 93.6 Å². The third kappa shape index (κ3) is 2.12. The van der Waals surface area contributed by atoms with Crippen molar-refractivity contribution in [2.24, 2.45) is 0 Å². The van der Waals surface area contributed by atoms with E-state index in [4.69, 9.17) is 0 Å². The lowest BCUT2D eigenvalue weighted by atomic mass is 9.95. The molecule has 16 heavy (non-hydrogen) atoms. The molecule has 3 rings (SSSR count). The van der Waals surface area contributed by atoms with Gasteiger partial charge in [0.2, 0.25) is 0 Å². The maximum Gasteiger partial charge on any atom is 0.330 e. The summed E-state index contributed by atoms with van der Waals surface area (Å²) < 4.78 is 4.63. The minimum Gasteiger partial charge on any atom is -0.463 e. The van der Waals surface area contributed by atoms with Crippen LogP contribution < -0.4 is 5.32 Å². The molecular formula is C12H13NO3. The lowest BCUT2D eigenvalue weighted by Crippen LogP contribution is -2.49. The third-order valence-electron chi connectivity index (χ3n) is 2.56. The number of morpholine rings is 1. The van der Waals surface area contributed by atoms with Gasteiger partial charge in [-0.25, -0.2) is 4.79 Å². The third-order valence-corrected chi connectivity index (χ3v) is 2.56. The number of hydrogen-bond donors (Lipinski definition) is 1. The zero-order valence-corrected chi connectivity index (χ0v) is 9.03. The van der Waals surface area contributed by atoms with Crippen molar-refractivity contribution in [3.8, 4) is 11.1 Å².